The highest BCUT2D eigenvalue weighted by Gasteiger charge is 2.08. The van der Waals surface area contributed by atoms with Gasteiger partial charge in [-0.1, -0.05) is 0 Å². The maximum Gasteiger partial charge on any atom is 0.337 e. The topological polar surface area (TPSA) is 105 Å². The van der Waals surface area contributed by atoms with E-state index in [-0.39, 0.29) is 5.56 Å². The van der Waals surface area contributed by atoms with Gasteiger partial charge in [0.1, 0.15) is 0 Å². The second kappa shape index (κ2) is 5.00. The van der Waals surface area contributed by atoms with E-state index in [0.29, 0.717) is 11.3 Å². The average Bonchev–Trinajstić information content (AvgIpc) is 2.40. The number of nitrogens with zero attached hydrogens (tertiary/aromatic N) is 3. The van der Waals surface area contributed by atoms with Crippen LogP contribution in [0.5, 0.6) is 0 Å². The first-order valence-corrected chi connectivity index (χ1v) is 4.93. The second-order valence-corrected chi connectivity index (χ2v) is 3.35. The summed E-state index contributed by atoms with van der Waals surface area (Å²) in [7, 11) is 0. The molecule has 0 saturated heterocycles. The van der Waals surface area contributed by atoms with Crippen LogP contribution < -0.4 is 5.32 Å². The molecular formula is C11H8N4O3. The molecule has 0 aliphatic rings. The summed E-state index contributed by atoms with van der Waals surface area (Å²) in [6.45, 7) is 0. The lowest BCUT2D eigenvalue weighted by Crippen LogP contribution is -2.13. The third-order valence-electron chi connectivity index (χ3n) is 2.09. The van der Waals surface area contributed by atoms with Gasteiger partial charge in [0.2, 0.25) is 0 Å². The zero-order chi connectivity index (χ0) is 13.0. The lowest BCUT2D eigenvalue weighted by molar-refractivity contribution is 0.0696. The van der Waals surface area contributed by atoms with E-state index in [1.165, 1.54) is 36.9 Å². The van der Waals surface area contributed by atoms with Gasteiger partial charge >= 0.3 is 5.97 Å². The van der Waals surface area contributed by atoms with E-state index >= 15 is 0 Å². The van der Waals surface area contributed by atoms with Crippen LogP contribution in [0.1, 0.15) is 20.7 Å². The van der Waals surface area contributed by atoms with Crippen molar-refractivity contribution in [3.8, 4) is 0 Å². The van der Waals surface area contributed by atoms with Gasteiger partial charge in [-0.05, 0) is 12.1 Å². The van der Waals surface area contributed by atoms with Gasteiger partial charge < -0.3 is 10.4 Å². The van der Waals surface area contributed by atoms with Gasteiger partial charge in [0.25, 0.3) is 5.91 Å². The van der Waals surface area contributed by atoms with Gasteiger partial charge in [0, 0.05) is 6.20 Å². The summed E-state index contributed by atoms with van der Waals surface area (Å²) in [6.07, 6.45) is 5.26. The van der Waals surface area contributed by atoms with Crippen molar-refractivity contribution in [2.45, 2.75) is 0 Å². The fourth-order valence-corrected chi connectivity index (χ4v) is 1.25. The zero-order valence-corrected chi connectivity index (χ0v) is 9.07. The molecule has 0 atom stereocenters. The van der Waals surface area contributed by atoms with Crippen molar-refractivity contribution >= 4 is 17.6 Å². The van der Waals surface area contributed by atoms with Gasteiger partial charge in [-0.2, -0.15) is 10.2 Å². The first-order valence-electron chi connectivity index (χ1n) is 4.93. The molecule has 0 bridgehead atoms. The molecule has 0 unspecified atom stereocenters. The number of carboxylic acid groups (broad SMARTS) is 1. The van der Waals surface area contributed by atoms with E-state index in [1.54, 1.807) is 0 Å². The summed E-state index contributed by atoms with van der Waals surface area (Å²) in [5.41, 5.74) is 0.628. The van der Waals surface area contributed by atoms with E-state index in [9.17, 15) is 9.59 Å². The van der Waals surface area contributed by atoms with Crippen molar-refractivity contribution in [1.29, 1.82) is 0 Å². The predicted molar refractivity (Wildman–Crippen MR) is 61.2 cm³/mol. The van der Waals surface area contributed by atoms with Crippen LogP contribution in [0.3, 0.4) is 0 Å². The minimum Gasteiger partial charge on any atom is -0.478 e. The van der Waals surface area contributed by atoms with E-state index in [1.807, 2.05) is 0 Å². The highest BCUT2D eigenvalue weighted by molar-refractivity contribution is 6.04. The number of nitrogens with one attached hydrogen (secondary N) is 1. The summed E-state index contributed by atoms with van der Waals surface area (Å²) in [6, 6.07) is 2.82. The van der Waals surface area contributed by atoms with Gasteiger partial charge in [-0.3, -0.25) is 9.78 Å². The van der Waals surface area contributed by atoms with Gasteiger partial charge in [-0.25, -0.2) is 4.79 Å². The molecule has 0 aliphatic carbocycles. The smallest absolute Gasteiger partial charge is 0.337 e. The Labute approximate surface area is 102 Å². The highest BCUT2D eigenvalue weighted by atomic mass is 16.4. The van der Waals surface area contributed by atoms with Crippen molar-refractivity contribution in [2.75, 3.05) is 5.32 Å². The Kier molecular flexibility index (Phi) is 3.24. The zero-order valence-electron chi connectivity index (χ0n) is 9.07. The predicted octanol–water partition coefficient (Wildman–Crippen LogP) is 0.822. The lowest BCUT2D eigenvalue weighted by Gasteiger charge is -2.04. The van der Waals surface area contributed by atoms with Crippen LogP contribution in [0.2, 0.25) is 0 Å². The Morgan fingerprint density at radius 1 is 1.11 bits per heavy atom. The molecule has 7 heteroatoms. The maximum absolute atomic E-state index is 11.7. The van der Waals surface area contributed by atoms with Crippen LogP contribution in [0.4, 0.5) is 5.69 Å². The number of aromatic carboxylic acids is 1. The van der Waals surface area contributed by atoms with Crippen LogP contribution in [-0.4, -0.2) is 32.2 Å². The van der Waals surface area contributed by atoms with E-state index < -0.39 is 11.9 Å². The molecule has 0 fully saturated rings. The molecule has 90 valence electrons. The maximum atomic E-state index is 11.7. The molecule has 2 aromatic heterocycles. The van der Waals surface area contributed by atoms with Crippen molar-refractivity contribution in [3.05, 3.63) is 48.0 Å². The Morgan fingerprint density at radius 2 is 1.94 bits per heavy atom. The average molecular weight is 244 g/mol. The molecule has 2 N–H and O–H groups in total. The van der Waals surface area contributed by atoms with Crippen LogP contribution in [-0.2, 0) is 0 Å². The van der Waals surface area contributed by atoms with Crippen molar-refractivity contribution in [2.24, 2.45) is 0 Å². The fourth-order valence-electron chi connectivity index (χ4n) is 1.25. The van der Waals surface area contributed by atoms with E-state index in [2.05, 4.69) is 20.5 Å². The second-order valence-electron chi connectivity index (χ2n) is 3.35. The summed E-state index contributed by atoms with van der Waals surface area (Å²) in [5.74, 6) is -1.52. The molecule has 2 heterocycles. The first kappa shape index (κ1) is 11.6. The number of carboxylic acids is 1. The van der Waals surface area contributed by atoms with Gasteiger partial charge in [-0.15, -0.1) is 0 Å². The molecule has 18 heavy (non-hydrogen) atoms. The van der Waals surface area contributed by atoms with Crippen LogP contribution >= 0.6 is 0 Å². The number of hydrogen-bond donors (Lipinski definition) is 2. The number of amides is 1. The van der Waals surface area contributed by atoms with Crippen LogP contribution in [0.25, 0.3) is 0 Å². The Morgan fingerprint density at radius 3 is 2.61 bits per heavy atom. The molecule has 0 aromatic carbocycles. The number of carbonyl (C=O) groups is 2. The normalized spacial score (nSPS) is 9.78. The van der Waals surface area contributed by atoms with Crippen LogP contribution in [0.15, 0.2) is 36.9 Å². The number of hydrogen-bond acceptors (Lipinski definition) is 5. The number of pyridine rings is 1. The molecule has 7 nitrogen and oxygen atoms in total. The van der Waals surface area contributed by atoms with Crippen molar-refractivity contribution < 1.29 is 14.7 Å². The molecule has 0 spiro atoms. The van der Waals surface area contributed by atoms with Crippen LogP contribution in [0, 0.1) is 0 Å². The standard InChI is InChI=1S/C11H8N4O3/c16-10(7-1-2-13-14-5-7)15-9-3-8(11(17)18)4-12-6-9/h1-6H,(H,15,16)(H,17,18). The molecule has 0 aliphatic heterocycles. The molecule has 1 amide bonds. The number of aromatic nitrogens is 3. The quantitative estimate of drug-likeness (QED) is 0.828. The minimum atomic E-state index is -1.11. The SMILES string of the molecule is O=C(O)c1cncc(NC(=O)c2ccnnc2)c1. The summed E-state index contributed by atoms with van der Waals surface area (Å²) in [5, 5.41) is 18.4. The van der Waals surface area contributed by atoms with Gasteiger partial charge in [0.05, 0.1) is 35.4 Å². The summed E-state index contributed by atoms with van der Waals surface area (Å²) in [4.78, 5) is 26.2. The molecule has 0 saturated carbocycles. The molecular weight excluding hydrogens is 236 g/mol. The lowest BCUT2D eigenvalue weighted by atomic mass is 10.2. The monoisotopic (exact) mass is 244 g/mol. The van der Waals surface area contributed by atoms with E-state index in [4.69, 9.17) is 5.11 Å². The highest BCUT2D eigenvalue weighted by Crippen LogP contribution is 2.09. The van der Waals surface area contributed by atoms with E-state index in [0.717, 1.165) is 0 Å². The van der Waals surface area contributed by atoms with Crippen molar-refractivity contribution in [3.63, 3.8) is 0 Å². The fraction of sp³-hybridized carbons (Fsp3) is 0. The Balaban J connectivity index is 2.17. The molecule has 2 aromatic rings. The van der Waals surface area contributed by atoms with Crippen molar-refractivity contribution in [1.82, 2.24) is 15.2 Å². The summed E-state index contributed by atoms with van der Waals surface area (Å²) < 4.78 is 0. The Bertz CT molecular complexity index is 586. The third kappa shape index (κ3) is 2.64. The minimum absolute atomic E-state index is 0.000605. The number of anilines is 1. The molecule has 2 rings (SSSR count). The molecule has 0 radical (unpaired) electrons. The number of carbonyl (C=O) groups excluding carboxylic acids is 1. The number of rotatable bonds is 3. The third-order valence-corrected chi connectivity index (χ3v) is 2.09. The summed E-state index contributed by atoms with van der Waals surface area (Å²) >= 11 is 0. The largest absolute Gasteiger partial charge is 0.478 e. The Hall–Kier alpha value is -2.83. The first-order chi connectivity index (χ1) is 8.66. The van der Waals surface area contributed by atoms with Gasteiger partial charge in [0.15, 0.2) is 0 Å².